The second-order valence-electron chi connectivity index (χ2n) is 4.81. The third kappa shape index (κ3) is 3.70. The molecule has 1 heterocycles. The van der Waals surface area contributed by atoms with E-state index in [-0.39, 0.29) is 5.25 Å². The van der Waals surface area contributed by atoms with E-state index in [0.717, 1.165) is 16.0 Å². The standard InChI is InChI=1S/C17H14ClNOS2/c18-17-19-11-15(21-17)12-22(20)16(13-7-3-1-4-8-13)14-9-5-2-6-10-14/h1-11,16H,12H2. The molecule has 3 rings (SSSR count). The van der Waals surface area contributed by atoms with Gasteiger partial charge in [0.2, 0.25) is 0 Å². The summed E-state index contributed by atoms with van der Waals surface area (Å²) in [6.07, 6.45) is 1.71. The zero-order valence-electron chi connectivity index (χ0n) is 11.7. The van der Waals surface area contributed by atoms with Crippen LogP contribution in [0.4, 0.5) is 0 Å². The lowest BCUT2D eigenvalue weighted by Gasteiger charge is -2.22. The van der Waals surface area contributed by atoms with Gasteiger partial charge >= 0.3 is 0 Å². The average Bonchev–Trinajstić information content (AvgIpc) is 2.95. The molecule has 5 heteroatoms. The van der Waals surface area contributed by atoms with Crippen molar-refractivity contribution in [1.29, 1.82) is 0 Å². The summed E-state index contributed by atoms with van der Waals surface area (Å²) in [5.41, 5.74) is 2.12. The molecule has 0 amide bonds. The Balaban J connectivity index is 1.91. The molecule has 22 heavy (non-hydrogen) atoms. The topological polar surface area (TPSA) is 36.0 Å². The maximum Gasteiger partial charge on any atom is 0.183 e. The molecular weight excluding hydrogens is 334 g/mol. The third-order valence-corrected chi connectivity index (χ3v) is 6.24. The Morgan fingerprint density at radius 3 is 2.00 bits per heavy atom. The molecular formula is C17H14ClNOS2. The summed E-state index contributed by atoms with van der Waals surface area (Å²) in [4.78, 5) is 4.97. The van der Waals surface area contributed by atoms with Crippen molar-refractivity contribution in [2.45, 2.75) is 11.0 Å². The molecule has 0 fully saturated rings. The quantitative estimate of drug-likeness (QED) is 0.619. The van der Waals surface area contributed by atoms with Crippen LogP contribution in [0.2, 0.25) is 4.47 Å². The monoisotopic (exact) mass is 347 g/mol. The zero-order chi connectivity index (χ0) is 15.4. The number of benzene rings is 2. The molecule has 0 radical (unpaired) electrons. The van der Waals surface area contributed by atoms with Crippen molar-refractivity contribution in [1.82, 2.24) is 4.98 Å². The predicted molar refractivity (Wildman–Crippen MR) is 93.7 cm³/mol. The summed E-state index contributed by atoms with van der Waals surface area (Å²) in [7, 11) is 0. The van der Waals surface area contributed by atoms with Gasteiger partial charge in [0.1, 0.15) is 5.75 Å². The van der Waals surface area contributed by atoms with E-state index < -0.39 is 11.2 Å². The Bertz CT molecular complexity index is 678. The second kappa shape index (κ2) is 7.29. The Morgan fingerprint density at radius 1 is 1.00 bits per heavy atom. The molecule has 0 saturated carbocycles. The van der Waals surface area contributed by atoms with Gasteiger partial charge in [-0.3, -0.25) is 0 Å². The molecule has 0 saturated heterocycles. The minimum atomic E-state index is -1.09. The van der Waals surface area contributed by atoms with Gasteiger partial charge in [0.05, 0.1) is 4.88 Å². The van der Waals surface area contributed by atoms with Crippen LogP contribution in [-0.4, -0.2) is 9.54 Å². The molecule has 0 aliphatic carbocycles. The molecule has 2 aromatic carbocycles. The Labute approximate surface area is 142 Å². The van der Waals surface area contributed by atoms with Crippen molar-refractivity contribution in [3.8, 4) is 0 Å². The number of hydrogen-bond acceptors (Lipinski definition) is 3. The van der Waals surface area contributed by atoms with E-state index in [9.17, 15) is 4.55 Å². The highest BCUT2D eigenvalue weighted by molar-refractivity contribution is 7.91. The van der Waals surface area contributed by atoms with Crippen molar-refractivity contribution >= 4 is 34.1 Å². The van der Waals surface area contributed by atoms with Gasteiger partial charge in [-0.25, -0.2) is 4.98 Å². The Hall–Kier alpha value is -1.33. The lowest BCUT2D eigenvalue weighted by atomic mass is 10.0. The first kappa shape index (κ1) is 15.6. The molecule has 1 aromatic heterocycles. The van der Waals surface area contributed by atoms with Gasteiger partial charge in [-0.1, -0.05) is 72.3 Å². The van der Waals surface area contributed by atoms with Gasteiger partial charge in [-0.2, -0.15) is 0 Å². The van der Waals surface area contributed by atoms with Crippen LogP contribution in [0.25, 0.3) is 0 Å². The van der Waals surface area contributed by atoms with E-state index in [2.05, 4.69) is 4.98 Å². The summed E-state index contributed by atoms with van der Waals surface area (Å²) in [6.45, 7) is 0. The largest absolute Gasteiger partial charge is 0.615 e. The maximum atomic E-state index is 13.0. The molecule has 0 aliphatic heterocycles. The number of thiazole rings is 1. The normalized spacial score (nSPS) is 12.5. The fourth-order valence-electron chi connectivity index (χ4n) is 2.33. The summed E-state index contributed by atoms with van der Waals surface area (Å²) in [6, 6.07) is 19.9. The molecule has 0 N–H and O–H groups in total. The third-order valence-electron chi connectivity index (χ3n) is 3.28. The second-order valence-corrected chi connectivity index (χ2v) is 8.02. The minimum absolute atomic E-state index is 0.150. The van der Waals surface area contributed by atoms with Gasteiger partial charge < -0.3 is 4.55 Å². The molecule has 3 aromatic rings. The van der Waals surface area contributed by atoms with Crippen LogP contribution in [0.1, 0.15) is 21.3 Å². The zero-order valence-corrected chi connectivity index (χ0v) is 14.1. The molecule has 1 atom stereocenters. The van der Waals surface area contributed by atoms with E-state index in [1.807, 2.05) is 60.7 Å². The Morgan fingerprint density at radius 2 is 1.55 bits per heavy atom. The van der Waals surface area contributed by atoms with E-state index in [4.69, 9.17) is 11.6 Å². The number of rotatable bonds is 5. The highest BCUT2D eigenvalue weighted by atomic mass is 35.5. The minimum Gasteiger partial charge on any atom is -0.615 e. The van der Waals surface area contributed by atoms with Crippen molar-refractivity contribution in [2.24, 2.45) is 0 Å². The Kier molecular flexibility index (Phi) is 5.16. The molecule has 112 valence electrons. The van der Waals surface area contributed by atoms with E-state index in [1.54, 1.807) is 6.20 Å². The lowest BCUT2D eigenvalue weighted by Crippen LogP contribution is -2.16. The first-order chi connectivity index (χ1) is 10.7. The first-order valence-electron chi connectivity index (χ1n) is 6.81. The number of nitrogens with zero attached hydrogens (tertiary/aromatic N) is 1. The molecule has 1 unspecified atom stereocenters. The van der Waals surface area contributed by atoms with Crippen molar-refractivity contribution in [3.63, 3.8) is 0 Å². The van der Waals surface area contributed by atoms with E-state index >= 15 is 0 Å². The van der Waals surface area contributed by atoms with Crippen molar-refractivity contribution < 1.29 is 4.55 Å². The van der Waals surface area contributed by atoms with E-state index in [0.29, 0.717) is 10.2 Å². The summed E-state index contributed by atoms with van der Waals surface area (Å²) in [5, 5.41) is -0.150. The first-order valence-corrected chi connectivity index (χ1v) is 9.39. The van der Waals surface area contributed by atoms with Crippen LogP contribution in [-0.2, 0) is 16.9 Å². The van der Waals surface area contributed by atoms with Crippen LogP contribution >= 0.6 is 22.9 Å². The maximum absolute atomic E-state index is 13.0. The summed E-state index contributed by atoms with van der Waals surface area (Å²) in [5.74, 6) is 0.457. The van der Waals surface area contributed by atoms with Gasteiger partial charge in [-0.05, 0) is 11.2 Å². The van der Waals surface area contributed by atoms with E-state index in [1.165, 1.54) is 11.3 Å². The van der Waals surface area contributed by atoms with Gasteiger partial charge in [-0.15, -0.1) is 11.3 Å². The van der Waals surface area contributed by atoms with Crippen molar-refractivity contribution in [3.05, 3.63) is 87.3 Å². The average molecular weight is 348 g/mol. The molecule has 0 spiro atoms. The van der Waals surface area contributed by atoms with Gasteiger partial charge in [0, 0.05) is 17.3 Å². The summed E-state index contributed by atoms with van der Waals surface area (Å²) < 4.78 is 13.5. The van der Waals surface area contributed by atoms with Crippen molar-refractivity contribution in [2.75, 3.05) is 0 Å². The van der Waals surface area contributed by atoms with Crippen LogP contribution in [0.5, 0.6) is 0 Å². The number of halogens is 1. The molecule has 0 aliphatic rings. The van der Waals surface area contributed by atoms with Crippen LogP contribution < -0.4 is 0 Å². The summed E-state index contributed by atoms with van der Waals surface area (Å²) >= 11 is 6.17. The van der Waals surface area contributed by atoms with Gasteiger partial charge in [0.15, 0.2) is 9.72 Å². The molecule has 0 bridgehead atoms. The van der Waals surface area contributed by atoms with Crippen LogP contribution in [0.15, 0.2) is 66.9 Å². The highest BCUT2D eigenvalue weighted by Crippen LogP contribution is 2.33. The molecule has 2 nitrogen and oxygen atoms in total. The smallest absolute Gasteiger partial charge is 0.183 e. The number of aromatic nitrogens is 1. The lowest BCUT2D eigenvalue weighted by molar-refractivity contribution is 0.587. The highest BCUT2D eigenvalue weighted by Gasteiger charge is 2.27. The van der Waals surface area contributed by atoms with Crippen LogP contribution in [0.3, 0.4) is 0 Å². The predicted octanol–water partition coefficient (Wildman–Crippen LogP) is 4.83. The number of hydrogen-bond donors (Lipinski definition) is 0. The SMILES string of the molecule is [O-][S+](Cc1cnc(Cl)s1)C(c1ccccc1)c1ccccc1. The fourth-order valence-corrected chi connectivity index (χ4v) is 5.13. The van der Waals surface area contributed by atoms with Crippen LogP contribution in [0, 0.1) is 0 Å². The fraction of sp³-hybridized carbons (Fsp3) is 0.118. The van der Waals surface area contributed by atoms with Gasteiger partial charge in [0.25, 0.3) is 0 Å².